The number of hydrazone groups is 1. The summed E-state index contributed by atoms with van der Waals surface area (Å²) >= 11 is 4.52. The van der Waals surface area contributed by atoms with Crippen LogP contribution in [0.3, 0.4) is 0 Å². The van der Waals surface area contributed by atoms with Crippen molar-refractivity contribution in [2.24, 2.45) is 5.10 Å². The maximum Gasteiger partial charge on any atom is 0.146 e. The van der Waals surface area contributed by atoms with Crippen molar-refractivity contribution in [3.63, 3.8) is 0 Å². The number of benzene rings is 1. The summed E-state index contributed by atoms with van der Waals surface area (Å²) in [6.07, 6.45) is 6.95. The summed E-state index contributed by atoms with van der Waals surface area (Å²) in [5, 5.41) is 4.22. The molecule has 0 saturated heterocycles. The zero-order valence-corrected chi connectivity index (χ0v) is 15.4. The first-order chi connectivity index (χ1) is 10.2. The van der Waals surface area contributed by atoms with Gasteiger partial charge in [0.15, 0.2) is 0 Å². The van der Waals surface area contributed by atoms with Gasteiger partial charge in [-0.1, -0.05) is 12.7 Å². The fourth-order valence-corrected chi connectivity index (χ4v) is 3.67. The lowest BCUT2D eigenvalue weighted by atomic mass is 10.2. The van der Waals surface area contributed by atoms with E-state index in [1.807, 2.05) is 24.3 Å². The summed E-state index contributed by atoms with van der Waals surface area (Å²) in [7, 11) is 0. The van der Waals surface area contributed by atoms with Crippen molar-refractivity contribution in [2.45, 2.75) is 0 Å². The Hall–Kier alpha value is -1.16. The van der Waals surface area contributed by atoms with Crippen molar-refractivity contribution in [2.75, 3.05) is 12.0 Å². The highest BCUT2D eigenvalue weighted by Crippen LogP contribution is 2.28. The second-order valence-corrected chi connectivity index (χ2v) is 6.34. The van der Waals surface area contributed by atoms with Gasteiger partial charge in [0, 0.05) is 12.4 Å². The van der Waals surface area contributed by atoms with E-state index in [0.29, 0.717) is 6.61 Å². The van der Waals surface area contributed by atoms with Crippen LogP contribution < -0.4 is 10.2 Å². The van der Waals surface area contributed by atoms with E-state index < -0.39 is 0 Å². The van der Waals surface area contributed by atoms with E-state index in [0.717, 1.165) is 24.1 Å². The number of pyridine rings is 1. The SMILES string of the molecule is C=CCOc1c(I)cc(/C=N/Nc2ccncc2)cc1I. The molecule has 0 radical (unpaired) electrons. The molecule has 0 amide bonds. The lowest BCUT2D eigenvalue weighted by Crippen LogP contribution is -1.99. The lowest BCUT2D eigenvalue weighted by Gasteiger charge is -2.09. The van der Waals surface area contributed by atoms with Crippen LogP contribution in [0.5, 0.6) is 5.75 Å². The lowest BCUT2D eigenvalue weighted by molar-refractivity contribution is 0.358. The zero-order valence-electron chi connectivity index (χ0n) is 11.1. The topological polar surface area (TPSA) is 46.5 Å². The van der Waals surface area contributed by atoms with E-state index in [4.69, 9.17) is 4.74 Å². The Kier molecular flexibility index (Phi) is 6.43. The first-order valence-electron chi connectivity index (χ1n) is 6.12. The molecule has 2 rings (SSSR count). The van der Waals surface area contributed by atoms with Gasteiger partial charge in [0.2, 0.25) is 0 Å². The maximum atomic E-state index is 5.65. The van der Waals surface area contributed by atoms with Gasteiger partial charge >= 0.3 is 0 Å². The van der Waals surface area contributed by atoms with Crippen LogP contribution in [0.25, 0.3) is 0 Å². The van der Waals surface area contributed by atoms with Gasteiger partial charge in [-0.05, 0) is 75.0 Å². The second-order valence-electron chi connectivity index (χ2n) is 4.02. The van der Waals surface area contributed by atoms with Crippen LogP contribution in [0.4, 0.5) is 5.69 Å². The Morgan fingerprint density at radius 1 is 1.24 bits per heavy atom. The average molecular weight is 505 g/mol. The largest absolute Gasteiger partial charge is 0.487 e. The number of ether oxygens (including phenoxy) is 1. The van der Waals surface area contributed by atoms with Crippen LogP contribution in [0.2, 0.25) is 0 Å². The number of anilines is 1. The Balaban J connectivity index is 2.09. The van der Waals surface area contributed by atoms with Crippen LogP contribution in [0.15, 0.2) is 54.4 Å². The van der Waals surface area contributed by atoms with Gasteiger partial charge in [0.25, 0.3) is 0 Å². The van der Waals surface area contributed by atoms with Gasteiger partial charge in [-0.3, -0.25) is 10.4 Å². The molecule has 21 heavy (non-hydrogen) atoms. The monoisotopic (exact) mass is 505 g/mol. The molecule has 0 fully saturated rings. The summed E-state index contributed by atoms with van der Waals surface area (Å²) in [4.78, 5) is 3.95. The third kappa shape index (κ3) is 4.95. The number of rotatable bonds is 6. The minimum absolute atomic E-state index is 0.503. The molecule has 0 bridgehead atoms. The average Bonchev–Trinajstić information content (AvgIpc) is 2.48. The zero-order chi connectivity index (χ0) is 15.1. The van der Waals surface area contributed by atoms with Crippen molar-refractivity contribution in [1.82, 2.24) is 4.98 Å². The summed E-state index contributed by atoms with van der Waals surface area (Å²) in [5.41, 5.74) is 4.87. The first-order valence-corrected chi connectivity index (χ1v) is 8.28. The van der Waals surface area contributed by atoms with Gasteiger partial charge in [0.1, 0.15) is 12.4 Å². The van der Waals surface area contributed by atoms with Gasteiger partial charge in [-0.15, -0.1) is 0 Å². The van der Waals surface area contributed by atoms with Gasteiger partial charge < -0.3 is 4.74 Å². The highest BCUT2D eigenvalue weighted by atomic mass is 127. The molecule has 6 heteroatoms. The summed E-state index contributed by atoms with van der Waals surface area (Å²) in [6, 6.07) is 7.77. The normalized spacial score (nSPS) is 10.6. The second kappa shape index (κ2) is 8.32. The molecule has 1 aromatic carbocycles. The van der Waals surface area contributed by atoms with Crippen molar-refractivity contribution < 1.29 is 4.74 Å². The number of aromatic nitrogens is 1. The quantitative estimate of drug-likeness (QED) is 0.276. The molecule has 0 aliphatic heterocycles. The Morgan fingerprint density at radius 3 is 2.52 bits per heavy atom. The van der Waals surface area contributed by atoms with Crippen molar-refractivity contribution in [3.8, 4) is 5.75 Å². The highest BCUT2D eigenvalue weighted by Gasteiger charge is 2.07. The van der Waals surface area contributed by atoms with Crippen LogP contribution in [0, 0.1) is 7.14 Å². The molecule has 1 heterocycles. The van der Waals surface area contributed by atoms with Crippen LogP contribution in [-0.4, -0.2) is 17.8 Å². The van der Waals surface area contributed by atoms with E-state index in [-0.39, 0.29) is 0 Å². The van der Waals surface area contributed by atoms with E-state index >= 15 is 0 Å². The molecule has 0 aliphatic carbocycles. The number of hydrogen-bond acceptors (Lipinski definition) is 4. The van der Waals surface area contributed by atoms with E-state index in [1.54, 1.807) is 24.7 Å². The number of hydrogen-bond donors (Lipinski definition) is 1. The third-order valence-corrected chi connectivity index (χ3v) is 4.06. The van der Waals surface area contributed by atoms with Gasteiger partial charge in [0.05, 0.1) is 19.0 Å². The fraction of sp³-hybridized carbons (Fsp3) is 0.0667. The molecule has 0 aliphatic rings. The predicted octanol–water partition coefficient (Wildman–Crippen LogP) is 4.30. The van der Waals surface area contributed by atoms with E-state index in [9.17, 15) is 0 Å². The standard InChI is InChI=1S/C15H13I2N3O/c1-2-7-21-15-13(16)8-11(9-14(15)17)10-19-20-12-3-5-18-6-4-12/h2-6,8-10H,1,7H2,(H,18,20)/b19-10+. The summed E-state index contributed by atoms with van der Waals surface area (Å²) < 4.78 is 7.74. The molecular formula is C15H13I2N3O. The molecule has 0 saturated carbocycles. The molecule has 1 N–H and O–H groups in total. The predicted molar refractivity (Wildman–Crippen MR) is 103 cm³/mol. The fourth-order valence-electron chi connectivity index (χ4n) is 1.54. The van der Waals surface area contributed by atoms with Crippen LogP contribution >= 0.6 is 45.2 Å². The maximum absolute atomic E-state index is 5.65. The van der Waals surface area contributed by atoms with Crippen molar-refractivity contribution >= 4 is 57.1 Å². The summed E-state index contributed by atoms with van der Waals surface area (Å²) in [6.45, 7) is 4.16. The minimum atomic E-state index is 0.503. The minimum Gasteiger partial charge on any atom is -0.487 e. The molecule has 0 spiro atoms. The van der Waals surface area contributed by atoms with Gasteiger partial charge in [-0.2, -0.15) is 5.10 Å². The van der Waals surface area contributed by atoms with Crippen molar-refractivity contribution in [1.29, 1.82) is 0 Å². The highest BCUT2D eigenvalue weighted by molar-refractivity contribution is 14.1. The van der Waals surface area contributed by atoms with Crippen LogP contribution in [-0.2, 0) is 0 Å². The smallest absolute Gasteiger partial charge is 0.146 e. The Bertz CT molecular complexity index is 622. The molecule has 0 atom stereocenters. The number of nitrogens with one attached hydrogen (secondary N) is 1. The molecule has 2 aromatic rings. The Morgan fingerprint density at radius 2 is 1.90 bits per heavy atom. The molecule has 4 nitrogen and oxygen atoms in total. The van der Waals surface area contributed by atoms with E-state index in [1.165, 1.54) is 0 Å². The van der Waals surface area contributed by atoms with Crippen molar-refractivity contribution in [3.05, 3.63) is 62.0 Å². The Labute approximate surface area is 151 Å². The molecule has 1 aromatic heterocycles. The van der Waals surface area contributed by atoms with Crippen LogP contribution in [0.1, 0.15) is 5.56 Å². The molecule has 0 unspecified atom stereocenters. The summed E-state index contributed by atoms with van der Waals surface area (Å²) in [5.74, 6) is 0.885. The van der Waals surface area contributed by atoms with E-state index in [2.05, 4.69) is 67.3 Å². The molecular weight excluding hydrogens is 492 g/mol. The first kappa shape index (κ1) is 16.2. The van der Waals surface area contributed by atoms with Gasteiger partial charge in [-0.25, -0.2) is 0 Å². The molecule has 108 valence electrons. The third-order valence-electron chi connectivity index (χ3n) is 2.45. The number of halogens is 2. The number of nitrogens with zero attached hydrogens (tertiary/aromatic N) is 2.